The van der Waals surface area contributed by atoms with Gasteiger partial charge in [-0.05, 0) is 25.3 Å². The molecule has 1 amide bonds. The molecule has 1 aromatic carbocycles. The topological polar surface area (TPSA) is 76.4 Å². The van der Waals surface area contributed by atoms with Crippen molar-refractivity contribution in [2.45, 2.75) is 26.2 Å². The smallest absolute Gasteiger partial charge is 0.223 e. The van der Waals surface area contributed by atoms with Crippen molar-refractivity contribution in [2.24, 2.45) is 5.92 Å². The zero-order valence-corrected chi connectivity index (χ0v) is 11.9. The largest absolute Gasteiger partial charge is 0.493 e. The Morgan fingerprint density at radius 2 is 2.15 bits per heavy atom. The Morgan fingerprint density at radius 3 is 2.85 bits per heavy atom. The minimum Gasteiger partial charge on any atom is -0.493 e. The normalized spacial score (nSPS) is 13.8. The first kappa shape index (κ1) is 14.5. The van der Waals surface area contributed by atoms with E-state index in [1.807, 2.05) is 18.2 Å². The summed E-state index contributed by atoms with van der Waals surface area (Å²) in [6, 6.07) is 5.60. The van der Waals surface area contributed by atoms with Crippen LogP contribution in [0.3, 0.4) is 0 Å². The summed E-state index contributed by atoms with van der Waals surface area (Å²) >= 11 is 0. The van der Waals surface area contributed by atoms with Crippen LogP contribution in [0, 0.1) is 5.92 Å². The number of amides is 1. The van der Waals surface area contributed by atoms with Crippen LogP contribution >= 0.6 is 0 Å². The Morgan fingerprint density at radius 1 is 1.35 bits per heavy atom. The highest BCUT2D eigenvalue weighted by Crippen LogP contribution is 2.28. The third-order valence-electron chi connectivity index (χ3n) is 3.10. The molecule has 5 heteroatoms. The van der Waals surface area contributed by atoms with E-state index >= 15 is 0 Å². The molecule has 5 nitrogen and oxygen atoms in total. The van der Waals surface area contributed by atoms with Crippen molar-refractivity contribution in [3.63, 3.8) is 0 Å². The van der Waals surface area contributed by atoms with Gasteiger partial charge in [-0.15, -0.1) is 0 Å². The molecule has 0 saturated heterocycles. The summed E-state index contributed by atoms with van der Waals surface area (Å²) in [7, 11) is 0. The summed E-state index contributed by atoms with van der Waals surface area (Å²) in [5, 5.41) is 6.16. The van der Waals surface area contributed by atoms with Gasteiger partial charge in [-0.1, -0.05) is 6.92 Å². The summed E-state index contributed by atoms with van der Waals surface area (Å²) in [6.07, 6.45) is 3.03. The third-order valence-corrected chi connectivity index (χ3v) is 3.10. The molecule has 0 bridgehead atoms. The van der Waals surface area contributed by atoms with Crippen molar-refractivity contribution in [1.82, 2.24) is 5.32 Å². The molecule has 1 aliphatic rings. The monoisotopic (exact) mass is 277 g/mol. The van der Waals surface area contributed by atoms with Gasteiger partial charge in [0.15, 0.2) is 0 Å². The lowest BCUT2D eigenvalue weighted by molar-refractivity contribution is -0.122. The molecule has 1 saturated carbocycles. The third kappa shape index (κ3) is 4.64. The van der Waals surface area contributed by atoms with Crippen LogP contribution in [0.1, 0.15) is 26.2 Å². The number of hydrogen-bond acceptors (Lipinski definition) is 4. The molecule has 1 aromatic rings. The maximum absolute atomic E-state index is 11.5. The van der Waals surface area contributed by atoms with Crippen LogP contribution in [0.25, 0.3) is 0 Å². The standard InChI is InChI=1S/C15H23N3O2/c1-2-7-20-14-9-12(16)8-13(10-14)17-5-6-18-15(19)11-3-4-11/h8-11,17H,2-7,16H2,1H3,(H,18,19). The van der Waals surface area contributed by atoms with Crippen molar-refractivity contribution in [2.75, 3.05) is 30.7 Å². The Kier molecular flexibility index (Phi) is 5.09. The summed E-state index contributed by atoms with van der Waals surface area (Å²) < 4.78 is 5.57. The van der Waals surface area contributed by atoms with E-state index in [9.17, 15) is 4.79 Å². The van der Waals surface area contributed by atoms with Crippen LogP contribution in [0.4, 0.5) is 11.4 Å². The second-order valence-corrected chi connectivity index (χ2v) is 5.13. The Balaban J connectivity index is 1.76. The lowest BCUT2D eigenvalue weighted by atomic mass is 10.2. The van der Waals surface area contributed by atoms with Crippen LogP contribution in [0.2, 0.25) is 0 Å². The van der Waals surface area contributed by atoms with E-state index in [-0.39, 0.29) is 11.8 Å². The fourth-order valence-corrected chi connectivity index (χ4v) is 1.91. The Hall–Kier alpha value is -1.91. The van der Waals surface area contributed by atoms with Gasteiger partial charge < -0.3 is 21.1 Å². The van der Waals surface area contributed by atoms with Gasteiger partial charge >= 0.3 is 0 Å². The van der Waals surface area contributed by atoms with E-state index in [0.29, 0.717) is 25.4 Å². The Bertz CT molecular complexity index is 458. The molecule has 0 spiro atoms. The number of nitrogens with two attached hydrogens (primary N) is 1. The quantitative estimate of drug-likeness (QED) is 0.502. The number of carbonyl (C=O) groups is 1. The van der Waals surface area contributed by atoms with E-state index in [0.717, 1.165) is 30.7 Å². The summed E-state index contributed by atoms with van der Waals surface area (Å²) in [5.74, 6) is 1.21. The fraction of sp³-hybridized carbons (Fsp3) is 0.533. The van der Waals surface area contributed by atoms with Crippen molar-refractivity contribution < 1.29 is 9.53 Å². The van der Waals surface area contributed by atoms with Crippen molar-refractivity contribution in [1.29, 1.82) is 0 Å². The van der Waals surface area contributed by atoms with Crippen LogP contribution in [-0.4, -0.2) is 25.6 Å². The number of ether oxygens (including phenoxy) is 1. The van der Waals surface area contributed by atoms with Gasteiger partial charge in [0.2, 0.25) is 5.91 Å². The maximum atomic E-state index is 11.5. The predicted octanol–water partition coefficient (Wildman–Crippen LogP) is 2.00. The molecule has 2 rings (SSSR count). The van der Waals surface area contributed by atoms with Gasteiger partial charge in [-0.3, -0.25) is 4.79 Å². The summed E-state index contributed by atoms with van der Waals surface area (Å²) in [4.78, 5) is 11.5. The first-order valence-corrected chi connectivity index (χ1v) is 7.24. The number of anilines is 2. The molecule has 0 heterocycles. The molecule has 0 aromatic heterocycles. The van der Waals surface area contributed by atoms with Gasteiger partial charge in [0.1, 0.15) is 5.75 Å². The van der Waals surface area contributed by atoms with E-state index in [4.69, 9.17) is 10.5 Å². The molecule has 0 atom stereocenters. The van der Waals surface area contributed by atoms with Gasteiger partial charge in [-0.2, -0.15) is 0 Å². The minimum atomic E-state index is 0.173. The van der Waals surface area contributed by atoms with Crippen molar-refractivity contribution in [3.05, 3.63) is 18.2 Å². The number of nitrogens with one attached hydrogen (secondary N) is 2. The fourth-order valence-electron chi connectivity index (χ4n) is 1.91. The molecule has 110 valence electrons. The first-order chi connectivity index (χ1) is 9.69. The number of carbonyl (C=O) groups excluding carboxylic acids is 1. The Labute approximate surface area is 119 Å². The van der Waals surface area contributed by atoms with Crippen LogP contribution in [0.5, 0.6) is 5.75 Å². The van der Waals surface area contributed by atoms with E-state index in [1.54, 1.807) is 0 Å². The van der Waals surface area contributed by atoms with Crippen molar-refractivity contribution >= 4 is 17.3 Å². The zero-order chi connectivity index (χ0) is 14.4. The molecule has 4 N–H and O–H groups in total. The average Bonchev–Trinajstić information content (AvgIpc) is 3.25. The maximum Gasteiger partial charge on any atom is 0.223 e. The molecule has 0 aliphatic heterocycles. The number of nitrogen functional groups attached to an aromatic ring is 1. The van der Waals surface area contributed by atoms with Crippen LogP contribution < -0.4 is 21.1 Å². The van der Waals surface area contributed by atoms with Crippen LogP contribution in [-0.2, 0) is 4.79 Å². The van der Waals surface area contributed by atoms with Crippen LogP contribution in [0.15, 0.2) is 18.2 Å². The van der Waals surface area contributed by atoms with Gasteiger partial charge in [0, 0.05) is 42.5 Å². The second kappa shape index (κ2) is 7.03. The number of rotatable bonds is 8. The lowest BCUT2D eigenvalue weighted by Gasteiger charge is -2.11. The first-order valence-electron chi connectivity index (χ1n) is 7.24. The predicted molar refractivity (Wildman–Crippen MR) is 80.9 cm³/mol. The number of hydrogen-bond donors (Lipinski definition) is 3. The molecule has 1 fully saturated rings. The molecule has 0 unspecified atom stereocenters. The molecule has 0 radical (unpaired) electrons. The van der Waals surface area contributed by atoms with E-state index in [2.05, 4.69) is 17.6 Å². The highest BCUT2D eigenvalue weighted by Gasteiger charge is 2.28. The van der Waals surface area contributed by atoms with Gasteiger partial charge in [-0.25, -0.2) is 0 Å². The van der Waals surface area contributed by atoms with E-state index in [1.165, 1.54) is 0 Å². The second-order valence-electron chi connectivity index (χ2n) is 5.13. The SMILES string of the molecule is CCCOc1cc(N)cc(NCCNC(=O)C2CC2)c1. The molecular weight excluding hydrogens is 254 g/mol. The lowest BCUT2D eigenvalue weighted by Crippen LogP contribution is -2.29. The summed E-state index contributed by atoms with van der Waals surface area (Å²) in [5.41, 5.74) is 7.43. The molecule has 1 aliphatic carbocycles. The van der Waals surface area contributed by atoms with Gasteiger partial charge in [0.05, 0.1) is 6.61 Å². The molecule has 20 heavy (non-hydrogen) atoms. The van der Waals surface area contributed by atoms with E-state index < -0.39 is 0 Å². The minimum absolute atomic E-state index is 0.173. The van der Waals surface area contributed by atoms with Gasteiger partial charge in [0.25, 0.3) is 0 Å². The number of benzene rings is 1. The molecular formula is C15H23N3O2. The highest BCUT2D eigenvalue weighted by molar-refractivity contribution is 5.80. The summed E-state index contributed by atoms with van der Waals surface area (Å²) in [6.45, 7) is 4.04. The highest BCUT2D eigenvalue weighted by atomic mass is 16.5. The average molecular weight is 277 g/mol. The van der Waals surface area contributed by atoms with Crippen molar-refractivity contribution in [3.8, 4) is 5.75 Å². The zero-order valence-electron chi connectivity index (χ0n) is 11.9.